The van der Waals surface area contributed by atoms with Crippen LogP contribution in [0.1, 0.15) is 31.4 Å². The van der Waals surface area contributed by atoms with E-state index in [2.05, 4.69) is 15.0 Å². The molecular formula is C19H26N4O4. The lowest BCUT2D eigenvalue weighted by atomic mass is 9.73. The van der Waals surface area contributed by atoms with Gasteiger partial charge in [-0.25, -0.2) is 4.79 Å². The normalized spacial score (nSPS) is 22.6. The highest BCUT2D eigenvalue weighted by Crippen LogP contribution is 2.39. The van der Waals surface area contributed by atoms with Crippen LogP contribution in [0.5, 0.6) is 0 Å². The number of carbonyl (C=O) groups excluding carboxylic acids is 3. The van der Waals surface area contributed by atoms with Crippen LogP contribution < -0.4 is 5.32 Å². The first kappa shape index (κ1) is 19.1. The van der Waals surface area contributed by atoms with Crippen molar-refractivity contribution >= 4 is 17.9 Å². The lowest BCUT2D eigenvalue weighted by molar-refractivity contribution is -0.140. The van der Waals surface area contributed by atoms with E-state index in [0.717, 1.165) is 25.0 Å². The van der Waals surface area contributed by atoms with E-state index < -0.39 is 5.97 Å². The van der Waals surface area contributed by atoms with E-state index >= 15 is 0 Å². The number of piperidine rings is 2. The Hall–Kier alpha value is -2.64. The van der Waals surface area contributed by atoms with Crippen molar-refractivity contribution in [2.24, 2.45) is 5.41 Å². The maximum absolute atomic E-state index is 12.4. The van der Waals surface area contributed by atoms with Gasteiger partial charge >= 0.3 is 12.0 Å². The van der Waals surface area contributed by atoms with E-state index in [9.17, 15) is 14.4 Å². The minimum Gasteiger partial charge on any atom is -0.468 e. The second-order valence-electron chi connectivity index (χ2n) is 7.33. The maximum Gasteiger partial charge on any atom is 0.325 e. The second-order valence-corrected chi connectivity index (χ2v) is 7.33. The first-order valence-electron chi connectivity index (χ1n) is 9.29. The molecule has 3 rings (SSSR count). The summed E-state index contributed by atoms with van der Waals surface area (Å²) in [5.41, 5.74) is 0.773. The van der Waals surface area contributed by atoms with Crippen LogP contribution in [0, 0.1) is 5.41 Å². The first-order valence-corrected chi connectivity index (χ1v) is 9.29. The van der Waals surface area contributed by atoms with Crippen LogP contribution in [0.2, 0.25) is 0 Å². The zero-order chi connectivity index (χ0) is 19.3. The van der Waals surface area contributed by atoms with Gasteiger partial charge < -0.3 is 19.9 Å². The molecule has 146 valence electrons. The molecule has 2 fully saturated rings. The Morgan fingerprint density at radius 1 is 1.30 bits per heavy atom. The molecule has 2 aliphatic heterocycles. The van der Waals surface area contributed by atoms with Gasteiger partial charge in [0.05, 0.1) is 19.3 Å². The summed E-state index contributed by atoms with van der Waals surface area (Å²) in [5.74, 6) is -0.335. The van der Waals surface area contributed by atoms with Crippen molar-refractivity contribution in [2.45, 2.75) is 32.2 Å². The molecule has 1 N–H and O–H groups in total. The lowest BCUT2D eigenvalue weighted by Crippen LogP contribution is -2.56. The van der Waals surface area contributed by atoms with Gasteiger partial charge in [0.2, 0.25) is 5.91 Å². The molecule has 3 amide bonds. The third kappa shape index (κ3) is 4.75. The average molecular weight is 374 g/mol. The summed E-state index contributed by atoms with van der Waals surface area (Å²) >= 11 is 0. The Bertz CT molecular complexity index is 696. The number of amides is 3. The smallest absolute Gasteiger partial charge is 0.325 e. The fourth-order valence-electron chi connectivity index (χ4n) is 3.98. The molecule has 1 spiro atoms. The van der Waals surface area contributed by atoms with E-state index in [1.807, 2.05) is 23.1 Å². The Kier molecular flexibility index (Phi) is 5.93. The number of nitrogens with one attached hydrogen (secondary N) is 1. The number of urea groups is 1. The van der Waals surface area contributed by atoms with Gasteiger partial charge in [-0.1, -0.05) is 6.07 Å². The molecule has 0 saturated carbocycles. The highest BCUT2D eigenvalue weighted by atomic mass is 16.5. The summed E-state index contributed by atoms with van der Waals surface area (Å²) in [6.07, 6.45) is 4.88. The topological polar surface area (TPSA) is 91.8 Å². The molecule has 27 heavy (non-hydrogen) atoms. The minimum absolute atomic E-state index is 0.0937. The van der Waals surface area contributed by atoms with Crippen molar-refractivity contribution in [1.29, 1.82) is 0 Å². The number of nitrogens with zero attached hydrogens (tertiary/aromatic N) is 3. The Morgan fingerprint density at radius 2 is 2.15 bits per heavy atom. The molecule has 1 aromatic heterocycles. The summed E-state index contributed by atoms with van der Waals surface area (Å²) < 4.78 is 4.56. The molecule has 1 atom stereocenters. The quantitative estimate of drug-likeness (QED) is 0.799. The summed E-state index contributed by atoms with van der Waals surface area (Å²) in [4.78, 5) is 44.0. The lowest BCUT2D eigenvalue weighted by Gasteiger charge is -2.48. The van der Waals surface area contributed by atoms with Gasteiger partial charge in [-0.15, -0.1) is 0 Å². The van der Waals surface area contributed by atoms with Crippen LogP contribution in [-0.2, 0) is 20.9 Å². The van der Waals surface area contributed by atoms with Crippen molar-refractivity contribution in [2.75, 3.05) is 33.3 Å². The summed E-state index contributed by atoms with van der Waals surface area (Å²) in [7, 11) is 1.29. The van der Waals surface area contributed by atoms with Gasteiger partial charge in [0.1, 0.15) is 6.54 Å². The number of hydrogen-bond acceptors (Lipinski definition) is 5. The Balaban J connectivity index is 1.63. The minimum atomic E-state index is -0.472. The first-order chi connectivity index (χ1) is 13.0. The standard InChI is InChI=1S/C19H26N4O4/c1-27-17(25)11-21-18(26)22-10-4-7-19(13-22)8-6-16(24)23(14-19)12-15-5-2-3-9-20-15/h2-3,5,9H,4,6-8,10-14H2,1H3,(H,21,26)/t19-/m1/s1. The zero-order valence-corrected chi connectivity index (χ0v) is 15.6. The molecule has 0 aromatic carbocycles. The molecule has 2 saturated heterocycles. The van der Waals surface area contributed by atoms with Gasteiger partial charge in [0.15, 0.2) is 0 Å². The molecule has 0 aliphatic carbocycles. The molecule has 3 heterocycles. The van der Waals surface area contributed by atoms with Crippen LogP contribution in [0.15, 0.2) is 24.4 Å². The van der Waals surface area contributed by atoms with Gasteiger partial charge in [0, 0.05) is 37.7 Å². The predicted molar refractivity (Wildman–Crippen MR) is 97.5 cm³/mol. The number of likely N-dealkylation sites (tertiary alicyclic amines) is 2. The number of carbonyl (C=O) groups is 3. The maximum atomic E-state index is 12.4. The number of rotatable bonds is 4. The summed E-state index contributed by atoms with van der Waals surface area (Å²) in [6.45, 7) is 2.23. The molecule has 0 radical (unpaired) electrons. The van der Waals surface area contributed by atoms with Crippen molar-refractivity contribution in [3.63, 3.8) is 0 Å². The van der Waals surface area contributed by atoms with Gasteiger partial charge in [-0.3, -0.25) is 14.6 Å². The van der Waals surface area contributed by atoms with E-state index in [0.29, 0.717) is 32.6 Å². The highest BCUT2D eigenvalue weighted by Gasteiger charge is 2.42. The van der Waals surface area contributed by atoms with E-state index in [4.69, 9.17) is 0 Å². The fourth-order valence-corrected chi connectivity index (χ4v) is 3.98. The summed E-state index contributed by atoms with van der Waals surface area (Å²) in [5, 5.41) is 2.61. The van der Waals surface area contributed by atoms with Crippen molar-refractivity contribution in [1.82, 2.24) is 20.1 Å². The van der Waals surface area contributed by atoms with E-state index in [1.165, 1.54) is 7.11 Å². The molecule has 0 unspecified atom stereocenters. The van der Waals surface area contributed by atoms with Crippen molar-refractivity contribution in [3.8, 4) is 0 Å². The number of pyridine rings is 1. The Labute approximate surface area is 158 Å². The van der Waals surface area contributed by atoms with E-state index in [-0.39, 0.29) is 23.9 Å². The van der Waals surface area contributed by atoms with Crippen molar-refractivity contribution in [3.05, 3.63) is 30.1 Å². The highest BCUT2D eigenvalue weighted by molar-refractivity contribution is 5.81. The van der Waals surface area contributed by atoms with Gasteiger partial charge in [-0.2, -0.15) is 0 Å². The number of methoxy groups -OCH3 is 1. The third-order valence-corrected chi connectivity index (χ3v) is 5.39. The third-order valence-electron chi connectivity index (χ3n) is 5.39. The van der Waals surface area contributed by atoms with Gasteiger partial charge in [0.25, 0.3) is 0 Å². The van der Waals surface area contributed by atoms with Crippen LogP contribution in [0.25, 0.3) is 0 Å². The second kappa shape index (κ2) is 8.37. The predicted octanol–water partition coefficient (Wildman–Crippen LogP) is 1.17. The number of esters is 1. The molecular weight excluding hydrogens is 348 g/mol. The van der Waals surface area contributed by atoms with E-state index in [1.54, 1.807) is 11.1 Å². The van der Waals surface area contributed by atoms with Crippen molar-refractivity contribution < 1.29 is 19.1 Å². The van der Waals surface area contributed by atoms with Crippen LogP contribution >= 0.6 is 0 Å². The molecule has 8 nitrogen and oxygen atoms in total. The fraction of sp³-hybridized carbons (Fsp3) is 0.579. The molecule has 1 aromatic rings. The Morgan fingerprint density at radius 3 is 2.89 bits per heavy atom. The van der Waals surface area contributed by atoms with Crippen LogP contribution in [-0.4, -0.2) is 66.0 Å². The van der Waals surface area contributed by atoms with Crippen LogP contribution in [0.4, 0.5) is 4.79 Å². The number of aromatic nitrogens is 1. The summed E-state index contributed by atoms with van der Waals surface area (Å²) in [6, 6.07) is 5.44. The molecule has 2 aliphatic rings. The van der Waals surface area contributed by atoms with Gasteiger partial charge in [-0.05, 0) is 31.4 Å². The monoisotopic (exact) mass is 374 g/mol. The molecule has 0 bridgehead atoms. The zero-order valence-electron chi connectivity index (χ0n) is 15.6. The largest absolute Gasteiger partial charge is 0.468 e. The SMILES string of the molecule is COC(=O)CNC(=O)N1CCC[C@@]2(CCC(=O)N(Cc3ccccn3)C2)C1. The number of hydrogen-bond donors (Lipinski definition) is 1. The average Bonchev–Trinajstić information content (AvgIpc) is 2.69. The van der Waals surface area contributed by atoms with Crippen LogP contribution in [0.3, 0.4) is 0 Å². The molecule has 8 heteroatoms. The number of ether oxygens (including phenoxy) is 1.